The summed E-state index contributed by atoms with van der Waals surface area (Å²) in [6.45, 7) is 4.62. The molecule has 1 aromatic carbocycles. The molecule has 0 saturated heterocycles. The quantitative estimate of drug-likeness (QED) is 0.254. The molecule has 180 valence electrons. The molecule has 3 rings (SSSR count). The third-order valence-corrected chi connectivity index (χ3v) is 8.55. The van der Waals surface area contributed by atoms with Crippen LogP contribution in [0.4, 0.5) is 0 Å². The molecule has 0 radical (unpaired) electrons. The van der Waals surface area contributed by atoms with E-state index in [2.05, 4.69) is 44.2 Å². The van der Waals surface area contributed by atoms with Gasteiger partial charge in [0.2, 0.25) is 0 Å². The van der Waals surface area contributed by atoms with Gasteiger partial charge in [-0.1, -0.05) is 121 Å². The molecule has 2 aliphatic carbocycles. The van der Waals surface area contributed by atoms with Crippen LogP contribution in [0.1, 0.15) is 153 Å². The molecule has 0 bridgehead atoms. The summed E-state index contributed by atoms with van der Waals surface area (Å²) < 4.78 is 0. The minimum absolute atomic E-state index is 0.817. The lowest BCUT2D eigenvalue weighted by atomic mass is 9.76. The molecular formula is C32H52. The van der Waals surface area contributed by atoms with Crippen LogP contribution in [0.15, 0.2) is 30.3 Å². The van der Waals surface area contributed by atoms with Crippen molar-refractivity contribution in [3.8, 4) is 0 Å². The summed E-state index contributed by atoms with van der Waals surface area (Å²) in [7, 11) is 0. The lowest BCUT2D eigenvalue weighted by molar-refractivity contribution is 0.302. The van der Waals surface area contributed by atoms with Gasteiger partial charge in [-0.15, -0.1) is 0 Å². The molecule has 2 aliphatic rings. The Kier molecular flexibility index (Phi) is 12.0. The van der Waals surface area contributed by atoms with E-state index >= 15 is 0 Å². The highest BCUT2D eigenvalue weighted by Crippen LogP contribution is 2.39. The van der Waals surface area contributed by atoms with Gasteiger partial charge in [0.1, 0.15) is 0 Å². The second kappa shape index (κ2) is 15.0. The largest absolute Gasteiger partial charge is 0.0804 e. The zero-order valence-electron chi connectivity index (χ0n) is 21.6. The zero-order chi connectivity index (χ0) is 22.4. The number of rotatable bonds is 14. The molecule has 0 nitrogen and oxygen atoms in total. The first-order valence-corrected chi connectivity index (χ1v) is 14.6. The van der Waals surface area contributed by atoms with Crippen molar-refractivity contribution < 1.29 is 0 Å². The van der Waals surface area contributed by atoms with Crippen molar-refractivity contribution >= 4 is 5.57 Å². The minimum atomic E-state index is 0.817. The highest BCUT2D eigenvalue weighted by molar-refractivity contribution is 5.66. The Balaban J connectivity index is 1.36. The van der Waals surface area contributed by atoms with Gasteiger partial charge in [-0.3, -0.25) is 0 Å². The Morgan fingerprint density at radius 3 is 1.78 bits per heavy atom. The van der Waals surface area contributed by atoms with E-state index in [0.29, 0.717) is 0 Å². The number of benzene rings is 1. The SMILES string of the molecule is CCCCCCCC1CC=C(c2ccc([C@H]3CC[C@H](CCCCCCC)CC3)cc2)CC1. The topological polar surface area (TPSA) is 0 Å². The molecule has 0 aromatic heterocycles. The molecule has 0 spiro atoms. The van der Waals surface area contributed by atoms with Gasteiger partial charge >= 0.3 is 0 Å². The molecule has 0 N–H and O–H groups in total. The van der Waals surface area contributed by atoms with Gasteiger partial charge < -0.3 is 0 Å². The summed E-state index contributed by atoms with van der Waals surface area (Å²) in [5, 5.41) is 0. The summed E-state index contributed by atoms with van der Waals surface area (Å²) in [4.78, 5) is 0. The predicted octanol–water partition coefficient (Wildman–Crippen LogP) is 10.9. The summed E-state index contributed by atoms with van der Waals surface area (Å²) in [5.41, 5.74) is 4.72. The molecule has 0 amide bonds. The van der Waals surface area contributed by atoms with Gasteiger partial charge in [0.15, 0.2) is 0 Å². The number of hydrogen-bond acceptors (Lipinski definition) is 0. The van der Waals surface area contributed by atoms with Crippen LogP contribution in [0.5, 0.6) is 0 Å². The lowest BCUT2D eigenvalue weighted by Crippen LogP contribution is -2.13. The molecule has 1 saturated carbocycles. The number of hydrogen-bond donors (Lipinski definition) is 0. The van der Waals surface area contributed by atoms with E-state index in [0.717, 1.165) is 17.8 Å². The molecule has 1 atom stereocenters. The Bertz CT molecular complexity index is 629. The average molecular weight is 437 g/mol. The fourth-order valence-electron chi connectivity index (χ4n) is 6.24. The summed E-state index contributed by atoms with van der Waals surface area (Å²) in [6.07, 6.45) is 29.6. The fraction of sp³-hybridized carbons (Fsp3) is 0.750. The monoisotopic (exact) mass is 436 g/mol. The van der Waals surface area contributed by atoms with Crippen molar-refractivity contribution in [3.05, 3.63) is 41.5 Å². The minimum Gasteiger partial charge on any atom is -0.0804 e. The van der Waals surface area contributed by atoms with Gasteiger partial charge in [-0.25, -0.2) is 0 Å². The van der Waals surface area contributed by atoms with Crippen molar-refractivity contribution in [1.29, 1.82) is 0 Å². The van der Waals surface area contributed by atoms with E-state index in [1.165, 1.54) is 128 Å². The van der Waals surface area contributed by atoms with Crippen molar-refractivity contribution in [3.63, 3.8) is 0 Å². The lowest BCUT2D eigenvalue weighted by Gasteiger charge is -2.29. The van der Waals surface area contributed by atoms with E-state index in [1.54, 1.807) is 11.1 Å². The van der Waals surface area contributed by atoms with Crippen LogP contribution in [0, 0.1) is 11.8 Å². The Morgan fingerprint density at radius 1 is 0.625 bits per heavy atom. The van der Waals surface area contributed by atoms with E-state index < -0.39 is 0 Å². The maximum absolute atomic E-state index is 2.57. The highest BCUT2D eigenvalue weighted by Gasteiger charge is 2.22. The first-order chi connectivity index (χ1) is 15.8. The van der Waals surface area contributed by atoms with Crippen LogP contribution in [-0.2, 0) is 0 Å². The van der Waals surface area contributed by atoms with E-state index in [9.17, 15) is 0 Å². The third kappa shape index (κ3) is 8.72. The van der Waals surface area contributed by atoms with Gasteiger partial charge in [-0.05, 0) is 79.4 Å². The second-order valence-electron chi connectivity index (χ2n) is 11.1. The predicted molar refractivity (Wildman–Crippen MR) is 143 cm³/mol. The second-order valence-corrected chi connectivity index (χ2v) is 11.1. The number of unbranched alkanes of at least 4 members (excludes halogenated alkanes) is 8. The molecule has 1 aromatic rings. The van der Waals surface area contributed by atoms with Crippen LogP contribution in [0.2, 0.25) is 0 Å². The molecule has 0 aliphatic heterocycles. The molecule has 1 unspecified atom stereocenters. The maximum Gasteiger partial charge on any atom is -0.0162 e. The third-order valence-electron chi connectivity index (χ3n) is 8.55. The van der Waals surface area contributed by atoms with E-state index in [4.69, 9.17) is 0 Å². The Labute approximate surface area is 200 Å². The van der Waals surface area contributed by atoms with Gasteiger partial charge in [-0.2, -0.15) is 0 Å². The van der Waals surface area contributed by atoms with Crippen LogP contribution >= 0.6 is 0 Å². The normalized spacial score (nSPS) is 23.8. The van der Waals surface area contributed by atoms with Crippen LogP contribution in [0.3, 0.4) is 0 Å². The molecule has 0 heterocycles. The van der Waals surface area contributed by atoms with Crippen molar-refractivity contribution in [2.24, 2.45) is 11.8 Å². The molecule has 32 heavy (non-hydrogen) atoms. The standard InChI is InChI=1S/C32H52/c1-3-5-7-9-11-13-27-15-19-29(20-16-27)31-23-25-32(26-24-31)30-21-17-28(18-22-30)14-12-10-8-6-4-2/h19,23-28,30H,3-18,20-22H2,1-2H3/t27?,28-,30-. The first-order valence-electron chi connectivity index (χ1n) is 14.6. The van der Waals surface area contributed by atoms with Crippen LogP contribution < -0.4 is 0 Å². The average Bonchev–Trinajstić information content (AvgIpc) is 2.85. The fourth-order valence-corrected chi connectivity index (χ4v) is 6.24. The molecular weight excluding hydrogens is 384 g/mol. The van der Waals surface area contributed by atoms with Crippen LogP contribution in [-0.4, -0.2) is 0 Å². The van der Waals surface area contributed by atoms with Crippen LogP contribution in [0.25, 0.3) is 5.57 Å². The maximum atomic E-state index is 2.57. The van der Waals surface area contributed by atoms with Gasteiger partial charge in [0.25, 0.3) is 0 Å². The van der Waals surface area contributed by atoms with Gasteiger partial charge in [0, 0.05) is 0 Å². The number of allylic oxidation sites excluding steroid dienone is 2. The Hall–Kier alpha value is -1.04. The summed E-state index contributed by atoms with van der Waals surface area (Å²) in [6, 6.07) is 9.80. The summed E-state index contributed by atoms with van der Waals surface area (Å²) >= 11 is 0. The van der Waals surface area contributed by atoms with E-state index in [1.807, 2.05) is 0 Å². The smallest absolute Gasteiger partial charge is 0.0162 e. The van der Waals surface area contributed by atoms with Crippen molar-refractivity contribution in [1.82, 2.24) is 0 Å². The zero-order valence-corrected chi connectivity index (χ0v) is 21.6. The molecule has 1 fully saturated rings. The summed E-state index contributed by atoms with van der Waals surface area (Å²) in [5.74, 6) is 2.78. The van der Waals surface area contributed by atoms with Crippen molar-refractivity contribution in [2.45, 2.75) is 142 Å². The highest BCUT2D eigenvalue weighted by atomic mass is 14.3. The van der Waals surface area contributed by atoms with Crippen molar-refractivity contribution in [2.75, 3.05) is 0 Å². The first kappa shape index (κ1) is 25.6. The Morgan fingerprint density at radius 2 is 1.22 bits per heavy atom. The molecule has 0 heteroatoms. The van der Waals surface area contributed by atoms with Gasteiger partial charge in [0.05, 0.1) is 0 Å². The van der Waals surface area contributed by atoms with E-state index in [-0.39, 0.29) is 0 Å².